The van der Waals surface area contributed by atoms with Crippen molar-refractivity contribution in [3.8, 4) is 0 Å². The molecule has 0 aliphatic heterocycles. The number of anilines is 2. The van der Waals surface area contributed by atoms with Gasteiger partial charge in [0.05, 0.1) is 11.4 Å². The summed E-state index contributed by atoms with van der Waals surface area (Å²) < 4.78 is 13.5. The number of thioether (sulfide) groups is 1. The molecule has 4 aromatic carbocycles. The molecule has 4 aromatic rings. The van der Waals surface area contributed by atoms with Gasteiger partial charge in [-0.1, -0.05) is 48.5 Å². The number of halogens is 1. The molecule has 0 radical (unpaired) electrons. The summed E-state index contributed by atoms with van der Waals surface area (Å²) >= 11 is 1.64. The predicted octanol–water partition coefficient (Wildman–Crippen LogP) is 6.24. The van der Waals surface area contributed by atoms with Gasteiger partial charge in [-0.3, -0.25) is 9.59 Å². The number of amides is 2. The second kappa shape index (κ2) is 12.1. The number of para-hydroxylation sites is 2. The Morgan fingerprint density at radius 2 is 1.51 bits per heavy atom. The molecule has 5 nitrogen and oxygen atoms in total. The fraction of sp³-hybridized carbons (Fsp3) is 0.0667. The fourth-order valence-electron chi connectivity index (χ4n) is 3.63. The number of hydrogen-bond donors (Lipinski definition) is 3. The first-order valence-electron chi connectivity index (χ1n) is 11.6. The van der Waals surface area contributed by atoms with Gasteiger partial charge in [0.1, 0.15) is 5.82 Å². The molecule has 2 amide bonds. The maximum Gasteiger partial charge on any atom is 0.255 e. The van der Waals surface area contributed by atoms with Crippen LogP contribution in [0.25, 0.3) is 11.6 Å². The van der Waals surface area contributed by atoms with Crippen molar-refractivity contribution >= 4 is 46.6 Å². The topological polar surface area (TPSA) is 84.2 Å². The van der Waals surface area contributed by atoms with E-state index in [0.29, 0.717) is 28.1 Å². The van der Waals surface area contributed by atoms with Gasteiger partial charge >= 0.3 is 0 Å². The molecular weight excluding hydrogens is 485 g/mol. The Morgan fingerprint density at radius 3 is 2.16 bits per heavy atom. The van der Waals surface area contributed by atoms with Crippen LogP contribution in [0.1, 0.15) is 27.0 Å². The Balaban J connectivity index is 1.46. The average molecular weight is 512 g/mol. The van der Waals surface area contributed by atoms with E-state index in [0.717, 1.165) is 16.0 Å². The molecule has 4 N–H and O–H groups in total. The summed E-state index contributed by atoms with van der Waals surface area (Å²) in [6.45, 7) is 0.260. The van der Waals surface area contributed by atoms with Crippen LogP contribution in [-0.2, 0) is 11.3 Å². The minimum absolute atomic E-state index is 0.260. The fourth-order valence-corrected chi connectivity index (χ4v) is 4.04. The molecule has 0 saturated carbocycles. The van der Waals surface area contributed by atoms with Gasteiger partial charge in [0.15, 0.2) is 0 Å². The monoisotopic (exact) mass is 511 g/mol. The first-order chi connectivity index (χ1) is 17.9. The van der Waals surface area contributed by atoms with Crippen LogP contribution in [0.2, 0.25) is 0 Å². The standard InChI is InChI=1S/C30H26FN3O2S/c1-37-25-16-8-20(9-17-25)18-26(22-12-14-24(31)15-13-22)30(36)33-19-21-6-10-23(11-7-21)29(35)34-28-5-3-2-4-27(28)32/h2-18H,19,32H2,1H3,(H,33,36)(H,34,35)/b26-18+. The molecule has 0 spiro atoms. The Labute approximate surface area is 219 Å². The Hall–Kier alpha value is -4.36. The third-order valence-electron chi connectivity index (χ3n) is 5.70. The van der Waals surface area contributed by atoms with Gasteiger partial charge in [0.2, 0.25) is 0 Å². The zero-order valence-electron chi connectivity index (χ0n) is 20.2. The van der Waals surface area contributed by atoms with Crippen LogP contribution in [0.3, 0.4) is 0 Å². The minimum atomic E-state index is -0.369. The van der Waals surface area contributed by atoms with Crippen LogP contribution in [0.5, 0.6) is 0 Å². The smallest absolute Gasteiger partial charge is 0.255 e. The van der Waals surface area contributed by atoms with Crippen LogP contribution in [0, 0.1) is 5.82 Å². The first kappa shape index (κ1) is 25.7. The molecule has 7 heteroatoms. The Bertz CT molecular complexity index is 1420. The van der Waals surface area contributed by atoms with Crippen molar-refractivity contribution in [1.82, 2.24) is 5.32 Å². The number of carbonyl (C=O) groups is 2. The number of hydrogen-bond acceptors (Lipinski definition) is 4. The van der Waals surface area contributed by atoms with Gasteiger partial charge in [0, 0.05) is 22.6 Å². The van der Waals surface area contributed by atoms with Crippen LogP contribution in [-0.4, -0.2) is 18.1 Å². The van der Waals surface area contributed by atoms with Crippen LogP contribution in [0.15, 0.2) is 102 Å². The van der Waals surface area contributed by atoms with E-state index >= 15 is 0 Å². The second-order valence-electron chi connectivity index (χ2n) is 8.26. The lowest BCUT2D eigenvalue weighted by Gasteiger charge is -2.11. The van der Waals surface area contributed by atoms with Crippen molar-refractivity contribution in [2.24, 2.45) is 0 Å². The summed E-state index contributed by atoms with van der Waals surface area (Å²) in [4.78, 5) is 26.9. The molecule has 4 rings (SSSR count). The molecule has 0 aromatic heterocycles. The third-order valence-corrected chi connectivity index (χ3v) is 6.45. The molecule has 186 valence electrons. The second-order valence-corrected chi connectivity index (χ2v) is 9.14. The lowest BCUT2D eigenvalue weighted by molar-refractivity contribution is -0.115. The third kappa shape index (κ3) is 6.86. The van der Waals surface area contributed by atoms with Gasteiger partial charge in [-0.05, 0) is 77.6 Å². The number of nitrogens with one attached hydrogen (secondary N) is 2. The zero-order valence-corrected chi connectivity index (χ0v) is 21.0. The van der Waals surface area contributed by atoms with Gasteiger partial charge in [-0.2, -0.15) is 0 Å². The van der Waals surface area contributed by atoms with E-state index in [4.69, 9.17) is 5.73 Å². The summed E-state index contributed by atoms with van der Waals surface area (Å²) in [6, 6.07) is 27.7. The number of nitrogen functional groups attached to an aromatic ring is 1. The van der Waals surface area contributed by atoms with Crippen molar-refractivity contribution in [3.63, 3.8) is 0 Å². The van der Waals surface area contributed by atoms with Crippen LogP contribution in [0.4, 0.5) is 15.8 Å². The predicted molar refractivity (Wildman–Crippen MR) is 150 cm³/mol. The number of benzene rings is 4. The lowest BCUT2D eigenvalue weighted by Crippen LogP contribution is -2.24. The maximum atomic E-state index is 13.5. The highest BCUT2D eigenvalue weighted by atomic mass is 32.2. The van der Waals surface area contributed by atoms with E-state index in [-0.39, 0.29) is 24.2 Å². The summed E-state index contributed by atoms with van der Waals surface area (Å²) in [7, 11) is 0. The summed E-state index contributed by atoms with van der Waals surface area (Å²) in [5.41, 5.74) is 10.1. The maximum absolute atomic E-state index is 13.5. The van der Waals surface area contributed by atoms with Crippen molar-refractivity contribution in [1.29, 1.82) is 0 Å². The molecule has 0 saturated heterocycles. The molecule has 37 heavy (non-hydrogen) atoms. The van der Waals surface area contributed by atoms with Gasteiger partial charge in [-0.25, -0.2) is 4.39 Å². The van der Waals surface area contributed by atoms with Crippen LogP contribution < -0.4 is 16.4 Å². The van der Waals surface area contributed by atoms with E-state index in [1.54, 1.807) is 78.5 Å². The number of carbonyl (C=O) groups excluding carboxylic acids is 2. The van der Waals surface area contributed by atoms with Crippen molar-refractivity contribution < 1.29 is 14.0 Å². The average Bonchev–Trinajstić information content (AvgIpc) is 2.93. The van der Waals surface area contributed by atoms with Crippen LogP contribution >= 0.6 is 11.8 Å². The largest absolute Gasteiger partial charge is 0.397 e. The van der Waals surface area contributed by atoms with E-state index in [1.807, 2.05) is 30.5 Å². The molecule has 0 heterocycles. The van der Waals surface area contributed by atoms with Gasteiger partial charge < -0.3 is 16.4 Å². The quantitative estimate of drug-likeness (QED) is 0.113. The highest BCUT2D eigenvalue weighted by Gasteiger charge is 2.13. The van der Waals surface area contributed by atoms with Gasteiger partial charge in [0.25, 0.3) is 11.8 Å². The van der Waals surface area contributed by atoms with Crippen molar-refractivity contribution in [2.75, 3.05) is 17.3 Å². The summed E-state index contributed by atoms with van der Waals surface area (Å²) in [6.07, 6.45) is 3.79. The Kier molecular flexibility index (Phi) is 8.38. The van der Waals surface area contributed by atoms with Gasteiger partial charge in [-0.15, -0.1) is 11.8 Å². The highest BCUT2D eigenvalue weighted by Crippen LogP contribution is 2.22. The van der Waals surface area contributed by atoms with Crippen molar-refractivity contribution in [3.05, 3.63) is 125 Å². The van der Waals surface area contributed by atoms with E-state index < -0.39 is 0 Å². The SMILES string of the molecule is CSc1ccc(/C=C(/C(=O)NCc2ccc(C(=O)Nc3ccccc3N)cc2)c2ccc(F)cc2)cc1. The minimum Gasteiger partial charge on any atom is -0.397 e. The Morgan fingerprint density at radius 1 is 0.865 bits per heavy atom. The molecule has 0 atom stereocenters. The van der Waals surface area contributed by atoms with E-state index in [2.05, 4.69) is 10.6 Å². The first-order valence-corrected chi connectivity index (χ1v) is 12.8. The summed E-state index contributed by atoms with van der Waals surface area (Å²) in [5, 5.41) is 5.72. The molecule has 0 bridgehead atoms. The molecule has 0 fully saturated rings. The molecular formula is C30H26FN3O2S. The number of nitrogens with two attached hydrogens (primary N) is 1. The normalized spacial score (nSPS) is 11.1. The zero-order chi connectivity index (χ0) is 26.2. The number of rotatable bonds is 8. The van der Waals surface area contributed by atoms with E-state index in [9.17, 15) is 14.0 Å². The van der Waals surface area contributed by atoms with E-state index in [1.165, 1.54) is 12.1 Å². The highest BCUT2D eigenvalue weighted by molar-refractivity contribution is 7.98. The molecule has 0 aliphatic rings. The molecule has 0 aliphatic carbocycles. The van der Waals surface area contributed by atoms with Crippen molar-refractivity contribution in [2.45, 2.75) is 11.4 Å². The molecule has 0 unspecified atom stereocenters. The summed E-state index contributed by atoms with van der Waals surface area (Å²) in [5.74, 6) is -0.934. The lowest BCUT2D eigenvalue weighted by atomic mass is 10.0.